The Morgan fingerprint density at radius 2 is 1.48 bits per heavy atom. The Hall–Kier alpha value is -3.72. The number of thiophene rings is 2. The number of aromatic carboxylic acids is 1. The molecule has 5 heterocycles. The molecule has 0 aliphatic carbocycles. The molecule has 0 fully saturated rings. The van der Waals surface area contributed by atoms with Gasteiger partial charge in [0.25, 0.3) is 0 Å². The van der Waals surface area contributed by atoms with Gasteiger partial charge in [-0.25, -0.2) is 9.78 Å². The molecular formula is C31H21IrN2O3S2Si-. The second-order valence-electron chi connectivity index (χ2n) is 8.73. The van der Waals surface area contributed by atoms with Crippen molar-refractivity contribution >= 4 is 57.5 Å². The number of fused-ring (bicyclic) bond motifs is 2. The van der Waals surface area contributed by atoms with Gasteiger partial charge in [0.05, 0.1) is 0 Å². The fraction of sp³-hybridized carbons (Fsp3) is 0. The summed E-state index contributed by atoms with van der Waals surface area (Å²) in [6.07, 6.45) is 3.28. The maximum absolute atomic E-state index is 10.1. The zero-order chi connectivity index (χ0) is 26.7. The molecule has 9 heteroatoms. The van der Waals surface area contributed by atoms with Crippen molar-refractivity contribution in [1.29, 1.82) is 0 Å². The van der Waals surface area contributed by atoms with Crippen LogP contribution in [0.3, 0.4) is 0 Å². The number of aromatic nitrogens is 2. The molecule has 0 spiro atoms. The SMILES string of the molecule is O=C(O)c1ccccn1.[Ir].[c-]1cc2c(cc1-c1ccccn1)[Si](c1ccsc1)(c1ccsc1)c1ccccc1O2. The maximum Gasteiger partial charge on any atom is 0.354 e. The van der Waals surface area contributed by atoms with Gasteiger partial charge in [-0.1, -0.05) is 53.7 Å². The fourth-order valence-electron chi connectivity index (χ4n) is 4.89. The molecular weight excluding hydrogens is 733 g/mol. The number of pyridine rings is 2. The van der Waals surface area contributed by atoms with Gasteiger partial charge in [0.2, 0.25) is 0 Å². The Bertz CT molecular complexity index is 1680. The van der Waals surface area contributed by atoms with E-state index in [2.05, 4.69) is 80.0 Å². The van der Waals surface area contributed by atoms with Gasteiger partial charge in [0.1, 0.15) is 11.4 Å². The van der Waals surface area contributed by atoms with E-state index in [9.17, 15) is 4.79 Å². The van der Waals surface area contributed by atoms with E-state index in [4.69, 9.17) is 9.84 Å². The first-order chi connectivity index (χ1) is 19.2. The quantitative estimate of drug-likeness (QED) is 0.204. The molecule has 7 rings (SSSR count). The number of hydrogen-bond acceptors (Lipinski definition) is 6. The number of carbonyl (C=O) groups is 1. The van der Waals surface area contributed by atoms with Crippen molar-refractivity contribution in [2.45, 2.75) is 0 Å². The van der Waals surface area contributed by atoms with Crippen LogP contribution in [0.5, 0.6) is 11.5 Å². The van der Waals surface area contributed by atoms with Crippen LogP contribution in [0.4, 0.5) is 0 Å². The molecule has 1 radical (unpaired) electrons. The first kappa shape index (κ1) is 27.8. The number of para-hydroxylation sites is 1. The Kier molecular flexibility index (Phi) is 8.49. The Labute approximate surface area is 254 Å². The Morgan fingerprint density at radius 3 is 2.05 bits per heavy atom. The standard InChI is InChI=1S/C25H16NOS2Si.C6H5NO2.Ir/c1-2-7-24-22(6-1)27-23-9-8-18(21-5-3-4-12-26-21)15-25(23)30(24,19-10-13-28-16-19)20-11-14-29-17-20;8-6(9)5-3-1-2-4-7-5;/h1-7,9-17H;1-4H,(H,8,9);/q-1;;. The topological polar surface area (TPSA) is 72.3 Å². The van der Waals surface area contributed by atoms with Gasteiger partial charge in [0, 0.05) is 38.2 Å². The molecule has 2 aromatic carbocycles. The molecule has 6 aromatic rings. The Balaban J connectivity index is 0.000000278. The molecule has 0 saturated heterocycles. The van der Waals surface area contributed by atoms with Crippen LogP contribution in [0.2, 0.25) is 0 Å². The summed E-state index contributed by atoms with van der Waals surface area (Å²) >= 11 is 3.51. The van der Waals surface area contributed by atoms with E-state index in [1.807, 2.05) is 30.5 Å². The summed E-state index contributed by atoms with van der Waals surface area (Å²) in [6.45, 7) is 0. The van der Waals surface area contributed by atoms with Crippen LogP contribution in [0, 0.1) is 6.07 Å². The minimum absolute atomic E-state index is 0. The molecule has 0 saturated carbocycles. The van der Waals surface area contributed by atoms with E-state index in [1.54, 1.807) is 34.8 Å². The van der Waals surface area contributed by atoms with Crippen LogP contribution in [-0.2, 0) is 20.1 Å². The third-order valence-corrected chi connectivity index (χ3v) is 13.1. The summed E-state index contributed by atoms with van der Waals surface area (Å²) < 4.78 is 6.41. The number of hydrogen-bond donors (Lipinski definition) is 1. The fourth-order valence-corrected chi connectivity index (χ4v) is 12.2. The molecule has 199 valence electrons. The van der Waals surface area contributed by atoms with Crippen molar-refractivity contribution in [3.8, 4) is 22.8 Å². The molecule has 1 aliphatic heterocycles. The molecule has 0 bridgehead atoms. The van der Waals surface area contributed by atoms with Crippen molar-refractivity contribution in [2.75, 3.05) is 0 Å². The van der Waals surface area contributed by atoms with Crippen LogP contribution in [0.15, 0.2) is 119 Å². The van der Waals surface area contributed by atoms with Gasteiger partial charge < -0.3 is 14.8 Å². The van der Waals surface area contributed by atoms with Gasteiger partial charge in [-0.05, 0) is 67.0 Å². The van der Waals surface area contributed by atoms with E-state index in [-0.39, 0.29) is 25.8 Å². The Morgan fingerprint density at radius 1 is 0.800 bits per heavy atom. The largest absolute Gasteiger partial charge is 0.502 e. The van der Waals surface area contributed by atoms with Crippen LogP contribution < -0.4 is 25.5 Å². The van der Waals surface area contributed by atoms with Gasteiger partial charge in [-0.3, -0.25) is 0 Å². The predicted molar refractivity (Wildman–Crippen MR) is 159 cm³/mol. The smallest absolute Gasteiger partial charge is 0.354 e. The normalized spacial score (nSPS) is 12.4. The predicted octanol–water partition coefficient (Wildman–Crippen LogP) is 4.93. The van der Waals surface area contributed by atoms with Crippen molar-refractivity contribution < 1.29 is 34.7 Å². The second-order valence-corrected chi connectivity index (χ2v) is 14.0. The minimum Gasteiger partial charge on any atom is -0.502 e. The molecule has 0 atom stereocenters. The summed E-state index contributed by atoms with van der Waals surface area (Å²) in [5.74, 6) is 0.862. The van der Waals surface area contributed by atoms with E-state index in [0.717, 1.165) is 22.8 Å². The first-order valence-corrected chi connectivity index (χ1v) is 16.0. The monoisotopic (exact) mass is 754 g/mol. The van der Waals surface area contributed by atoms with Crippen LogP contribution in [0.25, 0.3) is 11.3 Å². The third kappa shape index (κ3) is 5.10. The van der Waals surface area contributed by atoms with Crippen LogP contribution in [0.1, 0.15) is 10.5 Å². The minimum atomic E-state index is -2.49. The third-order valence-electron chi connectivity index (χ3n) is 6.56. The van der Waals surface area contributed by atoms with Gasteiger partial charge in [-0.15, -0.1) is 23.8 Å². The van der Waals surface area contributed by atoms with Crippen molar-refractivity contribution in [1.82, 2.24) is 9.97 Å². The van der Waals surface area contributed by atoms with Crippen molar-refractivity contribution in [3.05, 3.63) is 131 Å². The zero-order valence-electron chi connectivity index (χ0n) is 20.9. The van der Waals surface area contributed by atoms with Crippen molar-refractivity contribution in [2.24, 2.45) is 0 Å². The molecule has 1 aliphatic rings. The van der Waals surface area contributed by atoms with Gasteiger partial charge in [0.15, 0.2) is 8.07 Å². The average molecular weight is 754 g/mol. The van der Waals surface area contributed by atoms with Crippen LogP contribution in [-0.4, -0.2) is 29.1 Å². The number of carboxylic acids is 1. The number of nitrogens with zero attached hydrogens (tertiary/aromatic N) is 2. The van der Waals surface area contributed by atoms with E-state index in [1.165, 1.54) is 33.0 Å². The van der Waals surface area contributed by atoms with Crippen molar-refractivity contribution in [3.63, 3.8) is 0 Å². The summed E-state index contributed by atoms with van der Waals surface area (Å²) in [4.78, 5) is 18.3. The molecule has 0 amide bonds. The van der Waals surface area contributed by atoms with E-state index >= 15 is 0 Å². The van der Waals surface area contributed by atoms with Crippen LogP contribution >= 0.6 is 22.7 Å². The molecule has 40 heavy (non-hydrogen) atoms. The number of carboxylic acid groups (broad SMARTS) is 1. The summed E-state index contributed by atoms with van der Waals surface area (Å²) in [7, 11) is -2.49. The zero-order valence-corrected chi connectivity index (χ0v) is 25.9. The molecule has 4 aromatic heterocycles. The number of benzene rings is 2. The second kappa shape index (κ2) is 12.2. The van der Waals surface area contributed by atoms with E-state index < -0.39 is 14.0 Å². The van der Waals surface area contributed by atoms with Gasteiger partial charge >= 0.3 is 5.97 Å². The summed E-state index contributed by atoms with van der Waals surface area (Å²) in [5.41, 5.74) is 2.01. The molecule has 1 N–H and O–H groups in total. The number of ether oxygens (including phenoxy) is 1. The summed E-state index contributed by atoms with van der Waals surface area (Å²) in [6, 6.07) is 31.5. The summed E-state index contributed by atoms with van der Waals surface area (Å²) in [5, 5.41) is 22.7. The average Bonchev–Trinajstić information content (AvgIpc) is 3.73. The number of rotatable bonds is 4. The van der Waals surface area contributed by atoms with Gasteiger partial charge in [-0.2, -0.15) is 22.7 Å². The molecule has 0 unspecified atom stereocenters. The molecule has 5 nitrogen and oxygen atoms in total. The first-order valence-electron chi connectivity index (χ1n) is 12.1. The maximum atomic E-state index is 10.1. The van der Waals surface area contributed by atoms with E-state index in [0.29, 0.717) is 0 Å².